The van der Waals surface area contributed by atoms with Gasteiger partial charge in [-0.25, -0.2) is 4.79 Å². The summed E-state index contributed by atoms with van der Waals surface area (Å²) in [6.45, 7) is 3.08. The number of nitrogens with zero attached hydrogens (tertiary/aromatic N) is 4. The van der Waals surface area contributed by atoms with Gasteiger partial charge in [0.2, 0.25) is 0 Å². The molecule has 0 aliphatic rings. The molecule has 0 saturated heterocycles. The van der Waals surface area contributed by atoms with Gasteiger partial charge in [-0.3, -0.25) is 4.79 Å². The molecule has 8 nitrogen and oxygen atoms in total. The minimum atomic E-state index is -1.12. The summed E-state index contributed by atoms with van der Waals surface area (Å²) < 4.78 is 6.60. The fourth-order valence-corrected chi connectivity index (χ4v) is 2.82. The molecular formula is C20H17Cl2N5O3. The van der Waals surface area contributed by atoms with E-state index in [1.807, 2.05) is 30.3 Å². The molecule has 1 aromatic heterocycles. The fraction of sp³-hybridized carbons (Fsp3) is 0.150. The lowest BCUT2D eigenvalue weighted by Crippen LogP contribution is -2.31. The highest BCUT2D eigenvalue weighted by atomic mass is 35.5. The van der Waals surface area contributed by atoms with Crippen LogP contribution in [0.4, 0.5) is 5.69 Å². The molecule has 1 unspecified atom stereocenters. The highest BCUT2D eigenvalue weighted by Crippen LogP contribution is 2.29. The molecule has 2 aromatic carbocycles. The highest BCUT2D eigenvalue weighted by molar-refractivity contribution is 6.44. The van der Waals surface area contributed by atoms with Gasteiger partial charge in [0.05, 0.1) is 15.7 Å². The Morgan fingerprint density at radius 2 is 1.87 bits per heavy atom. The van der Waals surface area contributed by atoms with E-state index in [0.717, 1.165) is 5.56 Å². The number of aromatic nitrogens is 4. The normalized spacial score (nSPS) is 12.3. The van der Waals surface area contributed by atoms with Crippen LogP contribution in [0.25, 0.3) is 11.8 Å². The van der Waals surface area contributed by atoms with Crippen molar-refractivity contribution in [2.45, 2.75) is 20.0 Å². The van der Waals surface area contributed by atoms with Crippen LogP contribution in [0.1, 0.15) is 18.3 Å². The molecule has 0 spiro atoms. The Morgan fingerprint density at radius 3 is 2.53 bits per heavy atom. The topological polar surface area (TPSA) is 99.0 Å². The minimum Gasteiger partial charge on any atom is -0.448 e. The van der Waals surface area contributed by atoms with E-state index in [-0.39, 0.29) is 10.7 Å². The third-order valence-corrected chi connectivity index (χ3v) is 4.85. The lowest BCUT2D eigenvalue weighted by Gasteiger charge is -2.16. The van der Waals surface area contributed by atoms with Crippen LogP contribution in [0.15, 0.2) is 48.5 Å². The van der Waals surface area contributed by atoms with Crippen molar-refractivity contribution in [3.63, 3.8) is 0 Å². The molecule has 1 atom stereocenters. The highest BCUT2D eigenvalue weighted by Gasteiger charge is 2.24. The van der Waals surface area contributed by atoms with Gasteiger partial charge in [0, 0.05) is 0 Å². The van der Waals surface area contributed by atoms with Gasteiger partial charge in [-0.2, -0.15) is 4.68 Å². The second-order valence-corrected chi connectivity index (χ2v) is 7.00. The molecule has 3 aromatic rings. The number of amides is 1. The number of hydrogen-bond donors (Lipinski definition) is 1. The molecule has 30 heavy (non-hydrogen) atoms. The van der Waals surface area contributed by atoms with Gasteiger partial charge >= 0.3 is 5.97 Å². The van der Waals surface area contributed by atoms with Gasteiger partial charge in [-0.1, -0.05) is 59.6 Å². The Balaban J connectivity index is 1.80. The monoisotopic (exact) mass is 445 g/mol. The number of esters is 1. The molecule has 0 bridgehead atoms. The van der Waals surface area contributed by atoms with Crippen LogP contribution in [0.5, 0.6) is 0 Å². The van der Waals surface area contributed by atoms with E-state index in [0.29, 0.717) is 16.5 Å². The first-order chi connectivity index (χ1) is 14.4. The van der Waals surface area contributed by atoms with Crippen LogP contribution in [0.2, 0.25) is 10.0 Å². The van der Waals surface area contributed by atoms with E-state index in [1.54, 1.807) is 31.2 Å². The summed E-state index contributed by atoms with van der Waals surface area (Å²) in [5.74, 6) is -0.953. The zero-order valence-corrected chi connectivity index (χ0v) is 17.6. The maximum Gasteiger partial charge on any atom is 0.357 e. The average molecular weight is 446 g/mol. The number of aryl methyl sites for hydroxylation is 1. The molecular weight excluding hydrogens is 429 g/mol. The van der Waals surface area contributed by atoms with Crippen molar-refractivity contribution >= 4 is 52.5 Å². The molecule has 0 fully saturated rings. The number of halogens is 2. The van der Waals surface area contributed by atoms with E-state index in [9.17, 15) is 9.59 Å². The predicted molar refractivity (Wildman–Crippen MR) is 114 cm³/mol. The van der Waals surface area contributed by atoms with Crippen molar-refractivity contribution in [1.29, 1.82) is 0 Å². The van der Waals surface area contributed by atoms with Gasteiger partial charge in [0.25, 0.3) is 5.91 Å². The first-order valence-electron chi connectivity index (χ1n) is 8.84. The van der Waals surface area contributed by atoms with Gasteiger partial charge in [0.15, 0.2) is 17.6 Å². The Kier molecular flexibility index (Phi) is 6.81. The number of benzene rings is 2. The van der Waals surface area contributed by atoms with E-state index in [1.165, 1.54) is 11.6 Å². The summed E-state index contributed by atoms with van der Waals surface area (Å²) in [6.07, 6.45) is 0.452. The van der Waals surface area contributed by atoms with Crippen LogP contribution < -0.4 is 5.32 Å². The van der Waals surface area contributed by atoms with Gasteiger partial charge < -0.3 is 10.1 Å². The van der Waals surface area contributed by atoms with Crippen LogP contribution >= 0.6 is 23.2 Å². The van der Waals surface area contributed by atoms with E-state index < -0.39 is 18.0 Å². The lowest BCUT2D eigenvalue weighted by atomic mass is 10.2. The summed E-state index contributed by atoms with van der Waals surface area (Å²) >= 11 is 12.0. The van der Waals surface area contributed by atoms with Crippen LogP contribution in [0, 0.1) is 6.92 Å². The van der Waals surface area contributed by atoms with Crippen LogP contribution in [0.3, 0.4) is 0 Å². The molecule has 3 rings (SSSR count). The Morgan fingerprint density at radius 1 is 1.13 bits per heavy atom. The van der Waals surface area contributed by atoms with Gasteiger partial charge in [0.1, 0.15) is 0 Å². The van der Waals surface area contributed by atoms with Crippen molar-refractivity contribution < 1.29 is 14.3 Å². The van der Waals surface area contributed by atoms with Crippen LogP contribution in [-0.2, 0) is 14.3 Å². The summed E-state index contributed by atoms with van der Waals surface area (Å²) in [7, 11) is 0. The largest absolute Gasteiger partial charge is 0.448 e. The number of rotatable bonds is 6. The fourth-order valence-electron chi connectivity index (χ4n) is 2.48. The van der Waals surface area contributed by atoms with Crippen LogP contribution in [-0.4, -0.2) is 38.2 Å². The quantitative estimate of drug-likeness (QED) is 0.456. The molecule has 10 heteroatoms. The molecule has 0 saturated carbocycles. The summed E-state index contributed by atoms with van der Waals surface area (Å²) in [5.41, 5.74) is 1.11. The number of hydrogen-bond acceptors (Lipinski definition) is 6. The summed E-state index contributed by atoms with van der Waals surface area (Å²) in [6, 6.07) is 13.9. The first kappa shape index (κ1) is 21.5. The second kappa shape index (κ2) is 9.51. The Hall–Kier alpha value is -3.23. The standard InChI is InChI=1S/C20H17Cl2N5O3/c1-12(19(28)23-16-10-6-9-15(21)18(16)22)30-20(29)17(27-13(2)24-25-26-27)11-14-7-4-3-5-8-14/h3-12H,1-2H3,(H,23,28). The SMILES string of the molecule is Cc1nnnn1C(=Cc1ccccc1)C(=O)OC(C)C(=O)Nc1cccc(Cl)c1Cl. The molecule has 1 amide bonds. The van der Waals surface area contributed by atoms with Crippen molar-refractivity contribution in [3.05, 3.63) is 70.0 Å². The van der Waals surface area contributed by atoms with Crippen molar-refractivity contribution in [3.8, 4) is 0 Å². The Labute approximate surface area is 182 Å². The van der Waals surface area contributed by atoms with E-state index in [4.69, 9.17) is 27.9 Å². The predicted octanol–water partition coefficient (Wildman–Crippen LogP) is 3.86. The van der Waals surface area contributed by atoms with Gasteiger partial charge in [-0.05, 0) is 48.0 Å². The number of tetrazole rings is 1. The third kappa shape index (κ3) is 5.03. The molecule has 0 radical (unpaired) electrons. The molecule has 0 aliphatic carbocycles. The third-order valence-electron chi connectivity index (χ3n) is 4.03. The number of anilines is 1. The van der Waals surface area contributed by atoms with Crippen molar-refractivity contribution in [2.75, 3.05) is 5.32 Å². The number of ether oxygens (including phenoxy) is 1. The van der Waals surface area contributed by atoms with Crippen molar-refractivity contribution in [1.82, 2.24) is 20.2 Å². The zero-order chi connectivity index (χ0) is 21.7. The summed E-state index contributed by atoms with van der Waals surface area (Å²) in [4.78, 5) is 25.3. The van der Waals surface area contributed by atoms with E-state index in [2.05, 4.69) is 20.8 Å². The number of carbonyl (C=O) groups is 2. The minimum absolute atomic E-state index is 0.0594. The lowest BCUT2D eigenvalue weighted by molar-refractivity contribution is -0.147. The maximum atomic E-state index is 12.9. The molecule has 1 heterocycles. The number of nitrogens with one attached hydrogen (secondary N) is 1. The number of carbonyl (C=O) groups excluding carboxylic acids is 2. The molecule has 0 aliphatic heterocycles. The average Bonchev–Trinajstić information content (AvgIpc) is 3.15. The molecule has 1 N–H and O–H groups in total. The zero-order valence-electron chi connectivity index (χ0n) is 16.0. The maximum absolute atomic E-state index is 12.9. The molecule has 154 valence electrons. The first-order valence-corrected chi connectivity index (χ1v) is 9.60. The summed E-state index contributed by atoms with van der Waals surface area (Å²) in [5, 5.41) is 14.3. The van der Waals surface area contributed by atoms with Crippen molar-refractivity contribution in [2.24, 2.45) is 0 Å². The van der Waals surface area contributed by atoms with E-state index >= 15 is 0 Å². The Bertz CT molecular complexity index is 1100. The van der Waals surface area contributed by atoms with Gasteiger partial charge in [-0.15, -0.1) is 5.10 Å². The smallest absolute Gasteiger partial charge is 0.357 e. The second-order valence-electron chi connectivity index (χ2n) is 6.22.